The molecule has 22 nitrogen and oxygen atoms in total. The molecule has 3 aromatic rings. The second-order valence-corrected chi connectivity index (χ2v) is 15.8. The van der Waals surface area contributed by atoms with Crippen LogP contribution in [-0.4, -0.2) is 189 Å². The number of nitrogens with one attached hydrogen (secondary N) is 1. The van der Waals surface area contributed by atoms with Gasteiger partial charge >= 0.3 is 5.97 Å². The summed E-state index contributed by atoms with van der Waals surface area (Å²) in [5, 5.41) is 4.19. The summed E-state index contributed by atoms with van der Waals surface area (Å²) in [6.07, 6.45) is 7.42. The number of imidazole rings is 1. The fourth-order valence-corrected chi connectivity index (χ4v) is 6.36. The number of halogens is 4. The van der Waals surface area contributed by atoms with Crippen LogP contribution in [0.3, 0.4) is 0 Å². The van der Waals surface area contributed by atoms with Crippen LogP contribution in [0.5, 0.6) is 5.75 Å². The number of fused-ring (bicyclic) bond motifs is 1. The normalized spacial score (nSPS) is 12.3. The van der Waals surface area contributed by atoms with Gasteiger partial charge in [0.05, 0.1) is 187 Å². The molecule has 1 aliphatic rings. The third-order valence-corrected chi connectivity index (χ3v) is 10.0. The molecule has 3 N–H and O–H groups in total. The third kappa shape index (κ3) is 24.8. The largest absolute Gasteiger partial charge is 0.420 e. The molecular formula is C49H69F4N7O15. The Morgan fingerprint density at radius 2 is 1.15 bits per heavy atom. The zero-order valence-electron chi connectivity index (χ0n) is 42.5. The molecule has 2 amide bonds. The number of hydroxylamine groups is 2. The van der Waals surface area contributed by atoms with Crippen LogP contribution in [0.1, 0.15) is 50.9 Å². The Morgan fingerprint density at radius 3 is 1.63 bits per heavy atom. The number of carbonyl (C=O) groups excluding carboxylic acids is 3. The summed E-state index contributed by atoms with van der Waals surface area (Å²) in [5.74, 6) is -9.71. The summed E-state index contributed by atoms with van der Waals surface area (Å²) in [4.78, 5) is 56.3. The quantitative estimate of drug-likeness (QED) is 0.0204. The summed E-state index contributed by atoms with van der Waals surface area (Å²) in [6.45, 7) is 11.3. The van der Waals surface area contributed by atoms with Crippen molar-refractivity contribution in [2.45, 2.75) is 46.1 Å². The van der Waals surface area contributed by atoms with Gasteiger partial charge in [0.15, 0.2) is 11.6 Å². The van der Waals surface area contributed by atoms with E-state index in [4.69, 9.17) is 57.9 Å². The van der Waals surface area contributed by atoms with E-state index < -0.39 is 41.4 Å². The topological polar surface area (TPSA) is 246 Å². The maximum Gasteiger partial charge on any atom is 0.313 e. The maximum absolute atomic E-state index is 13.6. The van der Waals surface area contributed by atoms with Gasteiger partial charge < -0.3 is 67.7 Å². The Labute approximate surface area is 432 Å². The van der Waals surface area contributed by atoms with E-state index in [-0.39, 0.29) is 76.1 Å². The maximum atomic E-state index is 13.6. The van der Waals surface area contributed by atoms with Gasteiger partial charge in [-0.2, -0.15) is 8.78 Å². The number of amides is 2. The van der Waals surface area contributed by atoms with Crippen LogP contribution in [0, 0.1) is 23.3 Å². The molecule has 0 aliphatic carbocycles. The monoisotopic (exact) mass is 1070 g/mol. The number of nitrogens with two attached hydrogens (primary N) is 1. The fourth-order valence-electron chi connectivity index (χ4n) is 6.36. The van der Waals surface area contributed by atoms with Crippen LogP contribution in [0.15, 0.2) is 41.4 Å². The highest BCUT2D eigenvalue weighted by Crippen LogP contribution is 2.29. The number of hydrogen-bond acceptors (Lipinski definition) is 19. The van der Waals surface area contributed by atoms with Crippen molar-refractivity contribution in [2.75, 3.05) is 145 Å². The fraction of sp³-hybridized carbons (Fsp3) is 0.592. The highest BCUT2D eigenvalue weighted by molar-refractivity contribution is 6.04. The van der Waals surface area contributed by atoms with Gasteiger partial charge in [-0.15, -0.1) is 0 Å². The number of rotatable bonds is 42. The lowest BCUT2D eigenvalue weighted by molar-refractivity contribution is -0.180. The van der Waals surface area contributed by atoms with E-state index in [0.29, 0.717) is 141 Å². The van der Waals surface area contributed by atoms with Crippen molar-refractivity contribution in [3.05, 3.63) is 71.1 Å². The highest BCUT2D eigenvalue weighted by Gasteiger charge is 2.24. The van der Waals surface area contributed by atoms with Gasteiger partial charge in [0.2, 0.25) is 23.3 Å². The average molecular weight is 1070 g/mol. The molecule has 0 saturated heterocycles. The van der Waals surface area contributed by atoms with Crippen molar-refractivity contribution >= 4 is 35.4 Å². The van der Waals surface area contributed by atoms with Gasteiger partial charge in [-0.3, -0.25) is 24.2 Å². The Balaban J connectivity index is 0.852. The zero-order chi connectivity index (χ0) is 53.9. The molecule has 0 atom stereocenters. The number of carbonyl (C=O) groups is 3. The van der Waals surface area contributed by atoms with Crippen molar-refractivity contribution in [3.63, 3.8) is 0 Å². The molecule has 418 valence electrons. The second-order valence-electron chi connectivity index (χ2n) is 15.8. The minimum Gasteiger partial charge on any atom is -0.420 e. The minimum atomic E-state index is -1.80. The van der Waals surface area contributed by atoms with Crippen molar-refractivity contribution in [3.8, 4) is 11.4 Å². The molecule has 3 heterocycles. The van der Waals surface area contributed by atoms with Crippen LogP contribution in [-0.2, 0) is 73.1 Å². The van der Waals surface area contributed by atoms with Gasteiger partial charge in [-0.05, 0) is 25.5 Å². The van der Waals surface area contributed by atoms with Crippen molar-refractivity contribution in [2.24, 2.45) is 10.7 Å². The first-order chi connectivity index (χ1) is 36.5. The van der Waals surface area contributed by atoms with E-state index in [1.165, 1.54) is 5.06 Å². The molecule has 0 unspecified atom stereocenters. The van der Waals surface area contributed by atoms with Gasteiger partial charge in [-0.1, -0.05) is 6.92 Å². The van der Waals surface area contributed by atoms with Crippen molar-refractivity contribution in [1.29, 1.82) is 0 Å². The van der Waals surface area contributed by atoms with Crippen LogP contribution in [0.25, 0.3) is 11.8 Å². The Kier molecular flexibility index (Phi) is 30.8. The number of nitrogens with zero attached hydrogens (tertiary/aromatic N) is 5. The van der Waals surface area contributed by atoms with Crippen LogP contribution >= 0.6 is 0 Å². The van der Waals surface area contributed by atoms with Crippen molar-refractivity contribution in [1.82, 2.24) is 24.9 Å². The lowest BCUT2D eigenvalue weighted by atomic mass is 10.1. The lowest BCUT2D eigenvalue weighted by Gasteiger charge is -2.21. The van der Waals surface area contributed by atoms with Crippen molar-refractivity contribution < 1.29 is 88.9 Å². The summed E-state index contributed by atoms with van der Waals surface area (Å²) < 4.78 is 114. The second kappa shape index (κ2) is 37.3. The minimum absolute atomic E-state index is 0.0135. The summed E-state index contributed by atoms with van der Waals surface area (Å²) in [5.41, 5.74) is 8.99. The first kappa shape index (κ1) is 62.0. The van der Waals surface area contributed by atoms with E-state index in [1.807, 2.05) is 19.9 Å². The SMILES string of the molecule is CCCN(OCC)C(=O)C1=Cc2ncc(-n3cnc(CNC(=O)CCOCCOCCOCCOCCOCCOCCOCCOCCOCCOCCC(=O)Oc4c(F)c(F)cc(F)c4F)c3)cc2N=C(N)C1. The summed E-state index contributed by atoms with van der Waals surface area (Å²) in [6, 6.07) is 1.82. The molecular weight excluding hydrogens is 1000 g/mol. The zero-order valence-corrected chi connectivity index (χ0v) is 42.5. The van der Waals surface area contributed by atoms with Gasteiger partial charge in [0, 0.05) is 37.2 Å². The number of hydrogen-bond donors (Lipinski definition) is 2. The molecule has 75 heavy (non-hydrogen) atoms. The molecule has 1 aromatic carbocycles. The predicted molar refractivity (Wildman–Crippen MR) is 260 cm³/mol. The van der Waals surface area contributed by atoms with E-state index in [1.54, 1.807) is 29.4 Å². The number of aromatic nitrogens is 3. The molecule has 0 fully saturated rings. The number of benzene rings is 1. The van der Waals surface area contributed by atoms with E-state index in [2.05, 4.69) is 25.0 Å². The first-order valence-electron chi connectivity index (χ1n) is 24.6. The molecule has 2 aromatic heterocycles. The van der Waals surface area contributed by atoms with Gasteiger partial charge in [0.25, 0.3) is 5.91 Å². The molecule has 1 aliphatic heterocycles. The predicted octanol–water partition coefficient (Wildman–Crippen LogP) is 3.96. The lowest BCUT2D eigenvalue weighted by Crippen LogP contribution is -2.34. The smallest absolute Gasteiger partial charge is 0.313 e. The number of pyridine rings is 1. The van der Waals surface area contributed by atoms with Crippen LogP contribution in [0.2, 0.25) is 0 Å². The first-order valence-corrected chi connectivity index (χ1v) is 24.6. The van der Waals surface area contributed by atoms with E-state index in [9.17, 15) is 31.9 Å². The van der Waals surface area contributed by atoms with E-state index >= 15 is 0 Å². The van der Waals surface area contributed by atoms with E-state index in [0.717, 1.165) is 6.42 Å². The van der Waals surface area contributed by atoms with Gasteiger partial charge in [0.1, 0.15) is 5.84 Å². The average Bonchev–Trinajstić information content (AvgIpc) is 3.81. The third-order valence-electron chi connectivity index (χ3n) is 10.0. The van der Waals surface area contributed by atoms with Crippen LogP contribution < -0.4 is 15.8 Å². The Morgan fingerprint density at radius 1 is 0.667 bits per heavy atom. The number of aliphatic imine (C=N–C) groups is 1. The number of esters is 1. The molecule has 4 rings (SSSR count). The molecule has 0 bridgehead atoms. The molecule has 0 saturated carbocycles. The molecule has 26 heteroatoms. The number of ether oxygens (including phenoxy) is 11. The Hall–Kier alpha value is -5.52. The summed E-state index contributed by atoms with van der Waals surface area (Å²) >= 11 is 0. The van der Waals surface area contributed by atoms with Gasteiger partial charge in [-0.25, -0.2) is 23.8 Å². The highest BCUT2D eigenvalue weighted by atomic mass is 19.2. The Bertz CT molecular complexity index is 2190. The summed E-state index contributed by atoms with van der Waals surface area (Å²) in [7, 11) is 0. The van der Waals surface area contributed by atoms with Crippen LogP contribution in [0.4, 0.5) is 23.2 Å². The molecule has 0 spiro atoms. The standard InChI is InChI=1S/C49H69F4N7O15/c1-3-7-60(74-4-2)49(63)36-28-41-42(58-43(54)29-36)30-38(33-55-41)59-34-37(57-35-59)32-56-44(61)5-8-64-10-12-66-14-16-68-18-20-70-22-24-72-26-27-73-25-23-71-21-19-69-17-15-67-13-11-65-9-6-45(62)75-48-46(52)39(50)31-40(51)47(48)53/h28,30-31,33-35H,3-27,29,32H2,1-2H3,(H2,54,58)(H,56,61). The molecule has 0 radical (unpaired) electrons. The number of amidine groups is 1.